The van der Waals surface area contributed by atoms with Crippen molar-refractivity contribution in [2.24, 2.45) is 0 Å². The minimum Gasteiger partial charge on any atom is -0.481 e. The summed E-state index contributed by atoms with van der Waals surface area (Å²) in [5.74, 6) is 0.671. The van der Waals surface area contributed by atoms with E-state index in [1.807, 2.05) is 12.3 Å². The zero-order valence-electron chi connectivity index (χ0n) is 12.7. The van der Waals surface area contributed by atoms with Crippen LogP contribution in [0.2, 0.25) is 0 Å². The van der Waals surface area contributed by atoms with E-state index in [0.717, 1.165) is 6.54 Å². The van der Waals surface area contributed by atoms with E-state index < -0.39 is 0 Å². The minimum absolute atomic E-state index is 0.521. The Labute approximate surface area is 122 Å². The maximum Gasteiger partial charge on any atom is 0.212 e. The molecule has 0 spiro atoms. The first kappa shape index (κ1) is 15.3. The molecule has 1 saturated heterocycles. The van der Waals surface area contributed by atoms with Gasteiger partial charge in [0.05, 0.1) is 7.11 Å². The topological polar surface area (TPSA) is 46.2 Å². The first-order valence-electron chi connectivity index (χ1n) is 7.73. The lowest BCUT2D eigenvalue weighted by Crippen LogP contribution is -2.36. The van der Waals surface area contributed by atoms with Gasteiger partial charge in [-0.15, -0.1) is 0 Å². The molecule has 4 heteroatoms. The lowest BCUT2D eigenvalue weighted by Gasteiger charge is -2.21. The summed E-state index contributed by atoms with van der Waals surface area (Å²) in [6.45, 7) is 4.31. The Morgan fingerprint density at radius 3 is 3.05 bits per heavy atom. The Kier molecular flexibility index (Phi) is 6.27. The Hall–Kier alpha value is -1.13. The van der Waals surface area contributed by atoms with Gasteiger partial charge >= 0.3 is 0 Å². The third-order valence-electron chi connectivity index (χ3n) is 3.96. The number of methoxy groups -OCH3 is 1. The van der Waals surface area contributed by atoms with Crippen molar-refractivity contribution in [1.29, 1.82) is 0 Å². The van der Waals surface area contributed by atoms with E-state index in [0.29, 0.717) is 18.0 Å². The molecule has 1 aromatic rings. The highest BCUT2D eigenvalue weighted by Gasteiger charge is 2.14. The molecule has 4 nitrogen and oxygen atoms in total. The Morgan fingerprint density at radius 1 is 1.40 bits per heavy atom. The molecule has 2 atom stereocenters. The third kappa shape index (κ3) is 5.10. The van der Waals surface area contributed by atoms with Crippen LogP contribution in [-0.4, -0.2) is 30.7 Å². The molecule has 112 valence electrons. The van der Waals surface area contributed by atoms with E-state index >= 15 is 0 Å². The highest BCUT2D eigenvalue weighted by atomic mass is 16.5. The number of hydrogen-bond acceptors (Lipinski definition) is 4. The van der Waals surface area contributed by atoms with Crippen molar-refractivity contribution in [3.63, 3.8) is 0 Å². The number of nitrogens with one attached hydrogen (secondary N) is 2. The molecule has 0 saturated carbocycles. The van der Waals surface area contributed by atoms with Crippen molar-refractivity contribution in [3.8, 4) is 5.88 Å². The summed E-state index contributed by atoms with van der Waals surface area (Å²) in [5, 5.41) is 7.24. The third-order valence-corrected chi connectivity index (χ3v) is 3.96. The fourth-order valence-electron chi connectivity index (χ4n) is 2.74. The van der Waals surface area contributed by atoms with Crippen molar-refractivity contribution in [3.05, 3.63) is 23.9 Å². The zero-order chi connectivity index (χ0) is 14.2. The molecule has 2 N–H and O–H groups in total. The van der Waals surface area contributed by atoms with Crippen LogP contribution in [0.1, 0.15) is 44.6 Å². The molecule has 1 aliphatic heterocycles. The molecule has 2 unspecified atom stereocenters. The summed E-state index contributed by atoms with van der Waals surface area (Å²) in [6.07, 6.45) is 8.47. The van der Waals surface area contributed by atoms with Crippen LogP contribution in [-0.2, 0) is 6.54 Å². The molecule has 0 aromatic carbocycles. The van der Waals surface area contributed by atoms with Gasteiger partial charge in [0.2, 0.25) is 5.88 Å². The second-order valence-corrected chi connectivity index (χ2v) is 5.73. The summed E-state index contributed by atoms with van der Waals surface area (Å²) in [4.78, 5) is 4.23. The van der Waals surface area contributed by atoms with Crippen molar-refractivity contribution in [2.75, 3.05) is 13.7 Å². The van der Waals surface area contributed by atoms with E-state index in [1.54, 1.807) is 7.11 Å². The zero-order valence-corrected chi connectivity index (χ0v) is 12.7. The van der Waals surface area contributed by atoms with Crippen molar-refractivity contribution >= 4 is 0 Å². The monoisotopic (exact) mass is 277 g/mol. The largest absolute Gasteiger partial charge is 0.481 e. The van der Waals surface area contributed by atoms with Gasteiger partial charge in [-0.2, -0.15) is 0 Å². The van der Waals surface area contributed by atoms with Gasteiger partial charge in [-0.1, -0.05) is 18.9 Å². The SMILES string of the molecule is COc1ccc(CNC(C)CC2CCCCCN2)cn1. The standard InChI is InChI=1S/C16H27N3O/c1-13(10-15-6-4-3-5-9-17-15)18-11-14-7-8-16(20-2)19-12-14/h7-8,12-13,15,17-18H,3-6,9-11H2,1-2H3. The van der Waals surface area contributed by atoms with E-state index in [4.69, 9.17) is 4.74 Å². The quantitative estimate of drug-likeness (QED) is 0.838. The van der Waals surface area contributed by atoms with Gasteiger partial charge in [-0.3, -0.25) is 0 Å². The fraction of sp³-hybridized carbons (Fsp3) is 0.688. The number of rotatable bonds is 6. The number of ether oxygens (including phenoxy) is 1. The smallest absolute Gasteiger partial charge is 0.212 e. The predicted molar refractivity (Wildman–Crippen MR) is 82.0 cm³/mol. The van der Waals surface area contributed by atoms with Crippen molar-refractivity contribution in [1.82, 2.24) is 15.6 Å². The van der Waals surface area contributed by atoms with Crippen LogP contribution >= 0.6 is 0 Å². The van der Waals surface area contributed by atoms with Gasteiger partial charge < -0.3 is 15.4 Å². The molecule has 1 aliphatic rings. The van der Waals surface area contributed by atoms with E-state index in [2.05, 4.69) is 28.6 Å². The molecule has 0 aliphatic carbocycles. The number of aromatic nitrogens is 1. The Morgan fingerprint density at radius 2 is 2.30 bits per heavy atom. The number of pyridine rings is 1. The molecule has 0 radical (unpaired) electrons. The summed E-state index contributed by atoms with van der Waals surface area (Å²) in [5.41, 5.74) is 1.20. The van der Waals surface area contributed by atoms with Gasteiger partial charge in [0.1, 0.15) is 0 Å². The maximum atomic E-state index is 5.07. The van der Waals surface area contributed by atoms with Crippen LogP contribution in [0.25, 0.3) is 0 Å². The maximum absolute atomic E-state index is 5.07. The van der Waals surface area contributed by atoms with Crippen LogP contribution in [0.15, 0.2) is 18.3 Å². The minimum atomic E-state index is 0.521. The van der Waals surface area contributed by atoms with E-state index in [1.165, 1.54) is 44.2 Å². The molecule has 1 fully saturated rings. The Bertz CT molecular complexity index is 372. The van der Waals surface area contributed by atoms with Crippen LogP contribution in [0.5, 0.6) is 5.88 Å². The normalized spacial score (nSPS) is 21.2. The molecule has 0 amide bonds. The molecule has 2 heterocycles. The lowest BCUT2D eigenvalue weighted by atomic mass is 10.0. The average Bonchev–Trinajstić information content (AvgIpc) is 2.74. The second-order valence-electron chi connectivity index (χ2n) is 5.73. The van der Waals surface area contributed by atoms with Crippen LogP contribution in [0.4, 0.5) is 0 Å². The van der Waals surface area contributed by atoms with E-state index in [-0.39, 0.29) is 0 Å². The van der Waals surface area contributed by atoms with Gasteiger partial charge in [-0.25, -0.2) is 4.98 Å². The predicted octanol–water partition coefficient (Wildman–Crippen LogP) is 2.49. The van der Waals surface area contributed by atoms with Crippen LogP contribution < -0.4 is 15.4 Å². The number of nitrogens with zero attached hydrogens (tertiary/aromatic N) is 1. The molecule has 0 bridgehead atoms. The molecule has 1 aromatic heterocycles. The molecule has 20 heavy (non-hydrogen) atoms. The number of hydrogen-bond donors (Lipinski definition) is 2. The van der Waals surface area contributed by atoms with E-state index in [9.17, 15) is 0 Å². The van der Waals surface area contributed by atoms with Crippen molar-refractivity contribution in [2.45, 2.75) is 57.7 Å². The highest BCUT2D eigenvalue weighted by molar-refractivity contribution is 5.17. The summed E-state index contributed by atoms with van der Waals surface area (Å²) < 4.78 is 5.07. The van der Waals surface area contributed by atoms with Gasteiger partial charge in [-0.05, 0) is 38.3 Å². The summed E-state index contributed by atoms with van der Waals surface area (Å²) in [7, 11) is 1.64. The van der Waals surface area contributed by atoms with Gasteiger partial charge in [0.25, 0.3) is 0 Å². The van der Waals surface area contributed by atoms with Crippen molar-refractivity contribution < 1.29 is 4.74 Å². The lowest BCUT2D eigenvalue weighted by molar-refractivity contribution is 0.395. The fourth-order valence-corrected chi connectivity index (χ4v) is 2.74. The first-order chi connectivity index (χ1) is 9.78. The average molecular weight is 277 g/mol. The Balaban J connectivity index is 1.71. The molecule has 2 rings (SSSR count). The summed E-state index contributed by atoms with van der Waals surface area (Å²) >= 11 is 0. The van der Waals surface area contributed by atoms with Gasteiger partial charge in [0, 0.05) is 30.9 Å². The highest BCUT2D eigenvalue weighted by Crippen LogP contribution is 2.13. The molecular weight excluding hydrogens is 250 g/mol. The second kappa shape index (κ2) is 8.22. The first-order valence-corrected chi connectivity index (χ1v) is 7.73. The molecular formula is C16H27N3O. The summed E-state index contributed by atoms with van der Waals surface area (Å²) in [6, 6.07) is 5.17. The van der Waals surface area contributed by atoms with Gasteiger partial charge in [0.15, 0.2) is 0 Å². The van der Waals surface area contributed by atoms with Crippen LogP contribution in [0, 0.1) is 0 Å². The van der Waals surface area contributed by atoms with Crippen LogP contribution in [0.3, 0.4) is 0 Å².